The van der Waals surface area contributed by atoms with Gasteiger partial charge in [0.15, 0.2) is 5.96 Å². The van der Waals surface area contributed by atoms with Gasteiger partial charge in [-0.3, -0.25) is 4.99 Å². The summed E-state index contributed by atoms with van der Waals surface area (Å²) in [5.74, 6) is 0.660. The van der Waals surface area contributed by atoms with E-state index in [9.17, 15) is 8.42 Å². The Bertz CT molecular complexity index is 677. The third-order valence-corrected chi connectivity index (χ3v) is 6.23. The average molecular weight is 530 g/mol. The SMILES string of the molecule is CN=C(NCCN(C)CCOC)N1CCN(S(=O)(=O)Cc2ccon2)CC1.I. The van der Waals surface area contributed by atoms with Gasteiger partial charge in [0.25, 0.3) is 0 Å². The summed E-state index contributed by atoms with van der Waals surface area (Å²) >= 11 is 0. The number of likely N-dealkylation sites (N-methyl/N-ethyl adjacent to an activating group) is 1. The number of nitrogens with zero attached hydrogens (tertiary/aromatic N) is 5. The number of nitrogens with one attached hydrogen (secondary N) is 1. The summed E-state index contributed by atoms with van der Waals surface area (Å²) < 4.78 is 36.3. The molecule has 1 aromatic rings. The lowest BCUT2D eigenvalue weighted by molar-refractivity contribution is 0.162. The van der Waals surface area contributed by atoms with Crippen molar-refractivity contribution in [2.24, 2.45) is 4.99 Å². The molecule has 12 heteroatoms. The van der Waals surface area contributed by atoms with Gasteiger partial charge in [0.2, 0.25) is 10.0 Å². The summed E-state index contributed by atoms with van der Waals surface area (Å²) in [5.41, 5.74) is 0.424. The van der Waals surface area contributed by atoms with Crippen molar-refractivity contribution in [2.45, 2.75) is 5.75 Å². The lowest BCUT2D eigenvalue weighted by atomic mass is 10.4. The van der Waals surface area contributed by atoms with Crippen LogP contribution < -0.4 is 5.32 Å². The maximum absolute atomic E-state index is 12.5. The van der Waals surface area contributed by atoms with E-state index in [-0.39, 0.29) is 29.7 Å². The van der Waals surface area contributed by atoms with Gasteiger partial charge in [-0.1, -0.05) is 5.16 Å². The average Bonchev–Trinajstić information content (AvgIpc) is 3.16. The second-order valence-corrected chi connectivity index (χ2v) is 8.37. The fourth-order valence-corrected chi connectivity index (χ4v) is 4.24. The Balaban J connectivity index is 0.00000392. The van der Waals surface area contributed by atoms with Gasteiger partial charge in [-0.15, -0.1) is 24.0 Å². The largest absolute Gasteiger partial charge is 0.383 e. The summed E-state index contributed by atoms with van der Waals surface area (Å²) in [4.78, 5) is 8.58. The van der Waals surface area contributed by atoms with Crippen LogP contribution in [0.15, 0.2) is 21.8 Å². The number of sulfonamides is 1. The highest BCUT2D eigenvalue weighted by Gasteiger charge is 2.28. The number of halogens is 1. The van der Waals surface area contributed by atoms with Crippen LogP contribution in [0.2, 0.25) is 0 Å². The van der Waals surface area contributed by atoms with Crippen LogP contribution in [0.3, 0.4) is 0 Å². The summed E-state index contributed by atoms with van der Waals surface area (Å²) in [6.45, 7) is 5.25. The summed E-state index contributed by atoms with van der Waals surface area (Å²) in [5, 5.41) is 7.03. The molecule has 0 aromatic carbocycles. The number of aliphatic imine (C=N–C) groups is 1. The number of methoxy groups -OCH3 is 1. The Hall–Kier alpha value is -0.960. The number of guanidine groups is 1. The van der Waals surface area contributed by atoms with Crippen molar-refractivity contribution in [1.29, 1.82) is 0 Å². The molecule has 1 aromatic heterocycles. The highest BCUT2D eigenvalue weighted by atomic mass is 127. The van der Waals surface area contributed by atoms with E-state index in [1.54, 1.807) is 20.2 Å². The minimum absolute atomic E-state index is 0. The molecule has 28 heavy (non-hydrogen) atoms. The predicted octanol–water partition coefficient (Wildman–Crippen LogP) is -0.106. The third kappa shape index (κ3) is 7.81. The van der Waals surface area contributed by atoms with Gasteiger partial charge in [0.05, 0.1) is 12.3 Å². The van der Waals surface area contributed by atoms with Crippen LogP contribution in [-0.4, -0.2) is 107 Å². The zero-order valence-corrected chi connectivity index (χ0v) is 19.9. The van der Waals surface area contributed by atoms with Gasteiger partial charge in [0.1, 0.15) is 12.0 Å². The van der Waals surface area contributed by atoms with Crippen LogP contribution in [0.1, 0.15) is 5.69 Å². The van der Waals surface area contributed by atoms with Gasteiger partial charge in [-0.05, 0) is 7.05 Å². The van der Waals surface area contributed by atoms with Gasteiger partial charge >= 0.3 is 0 Å². The number of hydrogen-bond donors (Lipinski definition) is 1. The number of rotatable bonds is 9. The Morgan fingerprint density at radius 3 is 2.64 bits per heavy atom. The summed E-state index contributed by atoms with van der Waals surface area (Å²) in [7, 11) is 2.08. The maximum Gasteiger partial charge on any atom is 0.220 e. The van der Waals surface area contributed by atoms with E-state index in [1.807, 2.05) is 7.05 Å². The van der Waals surface area contributed by atoms with E-state index in [0.29, 0.717) is 38.5 Å². The second-order valence-electron chi connectivity index (χ2n) is 6.40. The summed E-state index contributed by atoms with van der Waals surface area (Å²) in [6, 6.07) is 1.57. The number of ether oxygens (including phenoxy) is 1. The molecule has 162 valence electrons. The van der Waals surface area contributed by atoms with E-state index in [1.165, 1.54) is 10.6 Å². The van der Waals surface area contributed by atoms with Crippen molar-refractivity contribution < 1.29 is 17.7 Å². The van der Waals surface area contributed by atoms with E-state index < -0.39 is 10.0 Å². The van der Waals surface area contributed by atoms with Crippen molar-refractivity contribution in [3.63, 3.8) is 0 Å². The van der Waals surface area contributed by atoms with Gasteiger partial charge in [0, 0.05) is 66.0 Å². The molecule has 1 N–H and O–H groups in total. The topological polar surface area (TPSA) is 104 Å². The molecule has 0 spiro atoms. The molecule has 10 nitrogen and oxygen atoms in total. The lowest BCUT2D eigenvalue weighted by Gasteiger charge is -2.35. The molecule has 1 aliphatic rings. The highest BCUT2D eigenvalue weighted by Crippen LogP contribution is 2.12. The number of aromatic nitrogens is 1. The van der Waals surface area contributed by atoms with Crippen molar-refractivity contribution >= 4 is 40.0 Å². The molecule has 0 radical (unpaired) electrons. The first-order chi connectivity index (χ1) is 13.0. The van der Waals surface area contributed by atoms with Crippen molar-refractivity contribution in [1.82, 2.24) is 24.6 Å². The first kappa shape index (κ1) is 25.1. The molecule has 0 amide bonds. The maximum atomic E-state index is 12.5. The quantitative estimate of drug-likeness (QED) is 0.268. The molecule has 0 unspecified atom stereocenters. The first-order valence-corrected chi connectivity index (χ1v) is 10.6. The molecule has 0 bridgehead atoms. The molecule has 1 saturated heterocycles. The predicted molar refractivity (Wildman–Crippen MR) is 118 cm³/mol. The van der Waals surface area contributed by atoms with Crippen LogP contribution in [0.25, 0.3) is 0 Å². The molecule has 1 fully saturated rings. The van der Waals surface area contributed by atoms with Crippen LogP contribution in [0.4, 0.5) is 0 Å². The number of piperazine rings is 1. The molecule has 2 heterocycles. The van der Waals surface area contributed by atoms with E-state index >= 15 is 0 Å². The third-order valence-electron chi connectivity index (χ3n) is 4.42. The normalized spacial score (nSPS) is 16.3. The summed E-state index contributed by atoms with van der Waals surface area (Å²) in [6.07, 6.45) is 1.38. The van der Waals surface area contributed by atoms with Crippen molar-refractivity contribution in [3.8, 4) is 0 Å². The Kier molecular flexibility index (Phi) is 11.3. The van der Waals surface area contributed by atoms with Crippen LogP contribution in [0.5, 0.6) is 0 Å². The van der Waals surface area contributed by atoms with Crippen molar-refractivity contribution in [2.75, 3.05) is 73.6 Å². The molecular weight excluding hydrogens is 499 g/mol. The molecule has 2 rings (SSSR count). The Morgan fingerprint density at radius 2 is 2.07 bits per heavy atom. The monoisotopic (exact) mass is 530 g/mol. The van der Waals surface area contributed by atoms with E-state index in [4.69, 9.17) is 9.26 Å². The van der Waals surface area contributed by atoms with Gasteiger partial charge in [-0.25, -0.2) is 8.42 Å². The van der Waals surface area contributed by atoms with Crippen LogP contribution >= 0.6 is 24.0 Å². The molecule has 0 saturated carbocycles. The van der Waals surface area contributed by atoms with Crippen molar-refractivity contribution in [3.05, 3.63) is 18.0 Å². The van der Waals surface area contributed by atoms with Crippen LogP contribution in [-0.2, 0) is 20.5 Å². The van der Waals surface area contributed by atoms with Gasteiger partial charge < -0.3 is 24.4 Å². The molecule has 0 atom stereocenters. The Labute approximate surface area is 184 Å². The van der Waals surface area contributed by atoms with Gasteiger partial charge in [-0.2, -0.15) is 4.31 Å². The minimum Gasteiger partial charge on any atom is -0.383 e. The zero-order valence-electron chi connectivity index (χ0n) is 16.7. The second kappa shape index (κ2) is 12.6. The molecular formula is C16H31IN6O4S. The number of hydrogen-bond acceptors (Lipinski definition) is 7. The minimum atomic E-state index is -3.39. The fraction of sp³-hybridized carbons (Fsp3) is 0.750. The lowest BCUT2D eigenvalue weighted by Crippen LogP contribution is -2.54. The van der Waals surface area contributed by atoms with E-state index in [2.05, 4.69) is 25.3 Å². The van der Waals surface area contributed by atoms with E-state index in [0.717, 1.165) is 25.6 Å². The molecule has 0 aliphatic carbocycles. The highest BCUT2D eigenvalue weighted by molar-refractivity contribution is 14.0. The van der Waals surface area contributed by atoms with Crippen LogP contribution in [0, 0.1) is 0 Å². The fourth-order valence-electron chi connectivity index (χ4n) is 2.82. The zero-order chi connectivity index (χ0) is 19.7. The standard InChI is InChI=1S/C16H30N6O4S.HI/c1-17-16(18-5-6-20(2)11-13-25-3)21-7-9-22(10-8-21)27(23,24)14-15-4-12-26-19-15;/h4,12H,5-11,13-14H2,1-3H3,(H,17,18);1H. The Morgan fingerprint density at radius 1 is 1.36 bits per heavy atom. The first-order valence-electron chi connectivity index (χ1n) is 8.96. The smallest absolute Gasteiger partial charge is 0.220 e. The molecule has 1 aliphatic heterocycles.